The van der Waals surface area contributed by atoms with Gasteiger partial charge in [0.15, 0.2) is 0 Å². The quantitative estimate of drug-likeness (QED) is 0.869. The van der Waals surface area contributed by atoms with E-state index in [1.807, 2.05) is 18.2 Å². The van der Waals surface area contributed by atoms with Gasteiger partial charge in [0.2, 0.25) is 0 Å². The highest BCUT2D eigenvalue weighted by molar-refractivity contribution is 5.97. The van der Waals surface area contributed by atoms with Crippen molar-refractivity contribution >= 4 is 16.8 Å². The van der Waals surface area contributed by atoms with Gasteiger partial charge in [-0.05, 0) is 49.8 Å². The molecule has 1 aliphatic carbocycles. The zero-order chi connectivity index (χ0) is 13.2. The lowest BCUT2D eigenvalue weighted by Gasteiger charge is -2.26. The summed E-state index contributed by atoms with van der Waals surface area (Å²) in [4.78, 5) is 12.2. The Morgan fingerprint density at radius 2 is 2.11 bits per heavy atom. The van der Waals surface area contributed by atoms with Crippen molar-refractivity contribution in [1.29, 1.82) is 0 Å². The predicted molar refractivity (Wildman–Crippen MR) is 75.0 cm³/mol. The maximum Gasteiger partial charge on any atom is 0.251 e. The van der Waals surface area contributed by atoms with Crippen molar-refractivity contribution in [2.45, 2.75) is 38.6 Å². The maximum atomic E-state index is 12.2. The molecule has 4 nitrogen and oxygen atoms in total. The monoisotopic (exact) mass is 257 g/mol. The Morgan fingerprint density at radius 3 is 2.89 bits per heavy atom. The second kappa shape index (κ2) is 5.03. The number of hydrogen-bond acceptors (Lipinski definition) is 2. The Bertz CT molecular complexity index is 582. The summed E-state index contributed by atoms with van der Waals surface area (Å²) in [6.45, 7) is 2.28. The minimum atomic E-state index is 0.0302. The van der Waals surface area contributed by atoms with Crippen LogP contribution in [0.15, 0.2) is 24.4 Å². The van der Waals surface area contributed by atoms with Gasteiger partial charge in [-0.3, -0.25) is 9.89 Å². The van der Waals surface area contributed by atoms with E-state index in [-0.39, 0.29) is 5.91 Å². The Balaban J connectivity index is 1.69. The molecule has 4 heteroatoms. The largest absolute Gasteiger partial charge is 0.349 e. The number of H-pyrrole nitrogens is 1. The lowest BCUT2D eigenvalue weighted by atomic mass is 9.87. The standard InChI is InChI=1S/C15H19N3O/c1-10-2-5-13(6-3-10)17-15(19)11-4-7-14-12(8-11)9-16-18-14/h4,7-10,13H,2-3,5-6H2,1H3,(H,16,18)(H,17,19). The lowest BCUT2D eigenvalue weighted by molar-refractivity contribution is 0.0923. The van der Waals surface area contributed by atoms with Crippen LogP contribution >= 0.6 is 0 Å². The van der Waals surface area contributed by atoms with Crippen LogP contribution in [0.25, 0.3) is 10.9 Å². The van der Waals surface area contributed by atoms with Crippen molar-refractivity contribution in [2.75, 3.05) is 0 Å². The van der Waals surface area contributed by atoms with Crippen LogP contribution in [0.2, 0.25) is 0 Å². The summed E-state index contributed by atoms with van der Waals surface area (Å²) in [5.74, 6) is 0.832. The number of aromatic amines is 1. The summed E-state index contributed by atoms with van der Waals surface area (Å²) in [6.07, 6.45) is 6.37. The van der Waals surface area contributed by atoms with Gasteiger partial charge < -0.3 is 5.32 Å². The summed E-state index contributed by atoms with van der Waals surface area (Å²) in [7, 11) is 0. The molecule has 2 aromatic rings. The first-order chi connectivity index (χ1) is 9.22. The molecule has 0 unspecified atom stereocenters. The minimum absolute atomic E-state index is 0.0302. The lowest BCUT2D eigenvalue weighted by Crippen LogP contribution is -2.37. The molecule has 1 saturated carbocycles. The summed E-state index contributed by atoms with van der Waals surface area (Å²) >= 11 is 0. The van der Waals surface area contributed by atoms with E-state index in [9.17, 15) is 4.79 Å². The molecule has 1 amide bonds. The number of hydrogen-bond donors (Lipinski definition) is 2. The van der Waals surface area contributed by atoms with Crippen LogP contribution in [-0.2, 0) is 0 Å². The number of rotatable bonds is 2. The second-order valence-electron chi connectivity index (χ2n) is 5.60. The average molecular weight is 257 g/mol. The maximum absolute atomic E-state index is 12.2. The highest BCUT2D eigenvalue weighted by atomic mass is 16.1. The molecule has 1 aromatic heterocycles. The summed E-state index contributed by atoms with van der Waals surface area (Å²) in [5, 5.41) is 11.0. The van der Waals surface area contributed by atoms with Crippen LogP contribution in [0.4, 0.5) is 0 Å². The normalized spacial score (nSPS) is 23.4. The Morgan fingerprint density at radius 1 is 1.32 bits per heavy atom. The van der Waals surface area contributed by atoms with Crippen molar-refractivity contribution < 1.29 is 4.79 Å². The van der Waals surface area contributed by atoms with Crippen molar-refractivity contribution in [2.24, 2.45) is 5.92 Å². The molecule has 1 aliphatic rings. The van der Waals surface area contributed by atoms with Crippen LogP contribution in [0.3, 0.4) is 0 Å². The number of nitrogens with one attached hydrogen (secondary N) is 2. The first kappa shape index (κ1) is 12.2. The van der Waals surface area contributed by atoms with Gasteiger partial charge in [-0.25, -0.2) is 0 Å². The van der Waals surface area contributed by atoms with Crippen molar-refractivity contribution in [1.82, 2.24) is 15.5 Å². The molecule has 1 heterocycles. The van der Waals surface area contributed by atoms with Gasteiger partial charge in [0.25, 0.3) is 5.91 Å². The fourth-order valence-electron chi connectivity index (χ4n) is 2.76. The number of fused-ring (bicyclic) bond motifs is 1. The number of carbonyl (C=O) groups is 1. The van der Waals surface area contributed by atoms with Gasteiger partial charge >= 0.3 is 0 Å². The van der Waals surface area contributed by atoms with Crippen molar-refractivity contribution in [3.8, 4) is 0 Å². The van der Waals surface area contributed by atoms with E-state index in [1.54, 1.807) is 6.20 Å². The molecule has 1 aromatic carbocycles. The van der Waals surface area contributed by atoms with Gasteiger partial charge in [-0.15, -0.1) is 0 Å². The Kier molecular flexibility index (Phi) is 3.23. The fourth-order valence-corrected chi connectivity index (χ4v) is 2.76. The Hall–Kier alpha value is -1.84. The zero-order valence-corrected chi connectivity index (χ0v) is 11.1. The van der Waals surface area contributed by atoms with Gasteiger partial charge in [0, 0.05) is 17.0 Å². The first-order valence-electron chi connectivity index (χ1n) is 6.96. The van der Waals surface area contributed by atoms with Crippen molar-refractivity contribution in [3.63, 3.8) is 0 Å². The molecule has 2 N–H and O–H groups in total. The van der Waals surface area contributed by atoms with E-state index >= 15 is 0 Å². The number of carbonyl (C=O) groups excluding carboxylic acids is 1. The van der Waals surface area contributed by atoms with E-state index in [0.29, 0.717) is 11.6 Å². The van der Waals surface area contributed by atoms with Gasteiger partial charge in [-0.1, -0.05) is 6.92 Å². The molecule has 0 aliphatic heterocycles. The highest BCUT2D eigenvalue weighted by Crippen LogP contribution is 2.23. The second-order valence-corrected chi connectivity index (χ2v) is 5.60. The number of nitrogens with zero attached hydrogens (tertiary/aromatic N) is 1. The number of amides is 1. The topological polar surface area (TPSA) is 57.8 Å². The van der Waals surface area contributed by atoms with E-state index in [0.717, 1.165) is 29.7 Å². The third-order valence-corrected chi connectivity index (χ3v) is 4.05. The van der Waals surface area contributed by atoms with Crippen LogP contribution < -0.4 is 5.32 Å². The predicted octanol–water partition coefficient (Wildman–Crippen LogP) is 2.87. The molecule has 0 bridgehead atoms. The SMILES string of the molecule is CC1CCC(NC(=O)c2ccc3[nH]ncc3c2)CC1. The Labute approximate surface area is 112 Å². The van der Waals surface area contributed by atoms with Crippen molar-refractivity contribution in [3.05, 3.63) is 30.0 Å². The summed E-state index contributed by atoms with van der Waals surface area (Å²) in [5.41, 5.74) is 1.68. The van der Waals surface area contributed by atoms with Gasteiger partial charge in [0.05, 0.1) is 11.7 Å². The van der Waals surface area contributed by atoms with Crippen LogP contribution in [0.1, 0.15) is 43.0 Å². The average Bonchev–Trinajstić information content (AvgIpc) is 2.88. The molecular weight excluding hydrogens is 238 g/mol. The summed E-state index contributed by atoms with van der Waals surface area (Å²) < 4.78 is 0. The smallest absolute Gasteiger partial charge is 0.251 e. The number of aromatic nitrogens is 2. The molecule has 0 saturated heterocycles. The highest BCUT2D eigenvalue weighted by Gasteiger charge is 2.20. The fraction of sp³-hybridized carbons (Fsp3) is 0.467. The molecule has 0 spiro atoms. The molecule has 1 fully saturated rings. The van der Waals surface area contributed by atoms with Crippen LogP contribution in [0.5, 0.6) is 0 Å². The minimum Gasteiger partial charge on any atom is -0.349 e. The molecule has 3 rings (SSSR count). The summed E-state index contributed by atoms with van der Waals surface area (Å²) in [6, 6.07) is 5.98. The molecular formula is C15H19N3O. The van der Waals surface area contributed by atoms with E-state index < -0.39 is 0 Å². The first-order valence-corrected chi connectivity index (χ1v) is 6.96. The molecule has 19 heavy (non-hydrogen) atoms. The van der Waals surface area contributed by atoms with Crippen LogP contribution in [-0.4, -0.2) is 22.1 Å². The molecule has 100 valence electrons. The molecule has 0 radical (unpaired) electrons. The zero-order valence-electron chi connectivity index (χ0n) is 11.1. The molecule has 0 atom stereocenters. The van der Waals surface area contributed by atoms with E-state index in [1.165, 1.54) is 12.8 Å². The third kappa shape index (κ3) is 2.62. The number of benzene rings is 1. The van der Waals surface area contributed by atoms with Crippen LogP contribution in [0, 0.1) is 5.92 Å². The van der Waals surface area contributed by atoms with E-state index in [2.05, 4.69) is 22.4 Å². The van der Waals surface area contributed by atoms with E-state index in [4.69, 9.17) is 0 Å². The van der Waals surface area contributed by atoms with Gasteiger partial charge in [0.1, 0.15) is 0 Å². The van der Waals surface area contributed by atoms with Gasteiger partial charge in [-0.2, -0.15) is 5.10 Å². The third-order valence-electron chi connectivity index (χ3n) is 4.05.